The number of para-hydroxylation sites is 1. The number of rotatable bonds is 7. The molecule has 0 spiro atoms. The number of carbonyl (C=O) groups is 2. The van der Waals surface area contributed by atoms with Gasteiger partial charge in [0.15, 0.2) is 10.1 Å². The lowest BCUT2D eigenvalue weighted by Crippen LogP contribution is -2.23. The standard InChI is InChI=1S/C19H17FN4O2S2/c1-11(25)15-8-3-4-9-16(15)22-17(26)12(2)27-19-24-23-18(28-19)21-14-7-5-6-13(20)10-14/h3-10,12H,1-2H3,(H,21,23)(H,22,26)/t12-/m1/s1. The first-order valence-corrected chi connectivity index (χ1v) is 10.1. The first-order chi connectivity index (χ1) is 13.4. The van der Waals surface area contributed by atoms with Crippen molar-refractivity contribution in [1.82, 2.24) is 10.2 Å². The van der Waals surface area contributed by atoms with Gasteiger partial charge in [-0.15, -0.1) is 10.2 Å². The maximum atomic E-state index is 13.3. The second-order valence-electron chi connectivity index (χ2n) is 5.86. The zero-order chi connectivity index (χ0) is 20.1. The molecule has 0 aliphatic rings. The highest BCUT2D eigenvalue weighted by Gasteiger charge is 2.19. The molecule has 28 heavy (non-hydrogen) atoms. The third-order valence-corrected chi connectivity index (χ3v) is 5.72. The van der Waals surface area contributed by atoms with Gasteiger partial charge in [-0.2, -0.15) is 0 Å². The predicted molar refractivity (Wildman–Crippen MR) is 110 cm³/mol. The first kappa shape index (κ1) is 20.0. The van der Waals surface area contributed by atoms with Crippen molar-refractivity contribution in [2.75, 3.05) is 10.6 Å². The molecule has 6 nitrogen and oxygen atoms in total. The van der Waals surface area contributed by atoms with Gasteiger partial charge in [0.1, 0.15) is 5.82 Å². The van der Waals surface area contributed by atoms with Crippen LogP contribution < -0.4 is 10.6 Å². The van der Waals surface area contributed by atoms with E-state index in [0.717, 1.165) is 0 Å². The monoisotopic (exact) mass is 416 g/mol. The minimum absolute atomic E-state index is 0.117. The van der Waals surface area contributed by atoms with Gasteiger partial charge in [-0.05, 0) is 44.2 Å². The molecular formula is C19H17FN4O2S2. The zero-order valence-electron chi connectivity index (χ0n) is 15.1. The number of hydrogen-bond acceptors (Lipinski definition) is 7. The minimum atomic E-state index is -0.449. The van der Waals surface area contributed by atoms with Gasteiger partial charge in [-0.3, -0.25) is 9.59 Å². The quantitative estimate of drug-likeness (QED) is 0.427. The molecule has 0 radical (unpaired) electrons. The van der Waals surface area contributed by atoms with Gasteiger partial charge in [0.2, 0.25) is 11.0 Å². The van der Waals surface area contributed by atoms with Crippen LogP contribution in [0.3, 0.4) is 0 Å². The number of aromatic nitrogens is 2. The Kier molecular flexibility index (Phi) is 6.37. The van der Waals surface area contributed by atoms with Crippen LogP contribution in [0, 0.1) is 5.82 Å². The number of carbonyl (C=O) groups excluding carboxylic acids is 2. The van der Waals surface area contributed by atoms with Crippen molar-refractivity contribution in [2.24, 2.45) is 0 Å². The summed E-state index contributed by atoms with van der Waals surface area (Å²) in [6.45, 7) is 3.20. The van der Waals surface area contributed by atoms with Crippen LogP contribution in [-0.2, 0) is 4.79 Å². The number of nitrogens with one attached hydrogen (secondary N) is 2. The zero-order valence-corrected chi connectivity index (χ0v) is 16.7. The summed E-state index contributed by atoms with van der Waals surface area (Å²) in [5, 5.41) is 13.9. The van der Waals surface area contributed by atoms with Crippen LogP contribution in [0.25, 0.3) is 0 Å². The molecule has 1 amide bonds. The third-order valence-electron chi connectivity index (χ3n) is 3.69. The molecule has 9 heteroatoms. The molecule has 0 aliphatic heterocycles. The van der Waals surface area contributed by atoms with Gasteiger partial charge in [0.05, 0.1) is 10.9 Å². The highest BCUT2D eigenvalue weighted by Crippen LogP contribution is 2.31. The smallest absolute Gasteiger partial charge is 0.237 e. The van der Waals surface area contributed by atoms with Crippen molar-refractivity contribution in [3.8, 4) is 0 Å². The summed E-state index contributed by atoms with van der Waals surface area (Å²) in [6, 6.07) is 12.9. The van der Waals surface area contributed by atoms with Crippen LogP contribution in [0.2, 0.25) is 0 Å². The van der Waals surface area contributed by atoms with Crippen molar-refractivity contribution in [2.45, 2.75) is 23.4 Å². The lowest BCUT2D eigenvalue weighted by atomic mass is 10.1. The van der Waals surface area contributed by atoms with Gasteiger partial charge in [-0.25, -0.2) is 4.39 Å². The normalized spacial score (nSPS) is 11.7. The van der Waals surface area contributed by atoms with E-state index in [4.69, 9.17) is 0 Å². The van der Waals surface area contributed by atoms with Gasteiger partial charge >= 0.3 is 0 Å². The van der Waals surface area contributed by atoms with E-state index in [-0.39, 0.29) is 17.5 Å². The number of halogens is 1. The SMILES string of the molecule is CC(=O)c1ccccc1NC(=O)[C@@H](C)Sc1nnc(Nc2cccc(F)c2)s1. The van der Waals surface area contributed by atoms with Crippen molar-refractivity contribution in [3.63, 3.8) is 0 Å². The molecule has 0 fully saturated rings. The molecule has 0 saturated carbocycles. The fraction of sp³-hybridized carbons (Fsp3) is 0.158. The number of thioether (sulfide) groups is 1. The second kappa shape index (κ2) is 8.94. The number of Topliss-reactive ketones (excluding diaryl/α,β-unsaturated/α-hetero) is 1. The number of ketones is 1. The van der Waals surface area contributed by atoms with Crippen molar-refractivity contribution in [3.05, 3.63) is 59.9 Å². The first-order valence-electron chi connectivity index (χ1n) is 8.36. The number of anilines is 3. The molecule has 3 rings (SSSR count). The highest BCUT2D eigenvalue weighted by atomic mass is 32.2. The number of hydrogen-bond donors (Lipinski definition) is 2. The van der Waals surface area contributed by atoms with E-state index in [1.54, 1.807) is 43.3 Å². The number of benzene rings is 2. The molecule has 3 aromatic rings. The summed E-state index contributed by atoms with van der Waals surface area (Å²) >= 11 is 2.52. The van der Waals surface area contributed by atoms with Crippen molar-refractivity contribution >= 4 is 51.3 Å². The largest absolute Gasteiger partial charge is 0.330 e. The van der Waals surface area contributed by atoms with E-state index >= 15 is 0 Å². The van der Waals surface area contributed by atoms with E-state index in [1.807, 2.05) is 0 Å². The fourth-order valence-corrected chi connectivity index (χ4v) is 4.25. The molecule has 1 atom stereocenters. The van der Waals surface area contributed by atoms with Gasteiger partial charge < -0.3 is 10.6 Å². The third kappa shape index (κ3) is 5.14. The molecule has 144 valence electrons. The molecule has 0 unspecified atom stereocenters. The molecule has 1 aromatic heterocycles. The van der Waals surface area contributed by atoms with Crippen molar-refractivity contribution < 1.29 is 14.0 Å². The Balaban J connectivity index is 1.62. The topological polar surface area (TPSA) is 84.0 Å². The minimum Gasteiger partial charge on any atom is -0.330 e. The average molecular weight is 417 g/mol. The van der Waals surface area contributed by atoms with Crippen molar-refractivity contribution in [1.29, 1.82) is 0 Å². The molecule has 2 aromatic carbocycles. The summed E-state index contributed by atoms with van der Waals surface area (Å²) < 4.78 is 13.8. The fourth-order valence-electron chi connectivity index (χ4n) is 2.34. The summed E-state index contributed by atoms with van der Waals surface area (Å²) in [6.07, 6.45) is 0. The number of nitrogens with zero attached hydrogens (tertiary/aromatic N) is 2. The highest BCUT2D eigenvalue weighted by molar-refractivity contribution is 8.02. The van der Waals surface area contributed by atoms with Gasteiger partial charge in [-0.1, -0.05) is 41.3 Å². The van der Waals surface area contributed by atoms with Crippen LogP contribution in [0.4, 0.5) is 20.9 Å². The summed E-state index contributed by atoms with van der Waals surface area (Å²) in [7, 11) is 0. The second-order valence-corrected chi connectivity index (χ2v) is 8.43. The Morgan fingerprint density at radius 3 is 2.68 bits per heavy atom. The molecule has 2 N–H and O–H groups in total. The summed E-state index contributed by atoms with van der Waals surface area (Å²) in [5.41, 5.74) is 1.52. The maximum absolute atomic E-state index is 13.3. The Bertz CT molecular complexity index is 1010. The predicted octanol–water partition coefficient (Wildman–Crippen LogP) is 4.74. The van der Waals surface area contributed by atoms with Crippen LogP contribution in [0.5, 0.6) is 0 Å². The van der Waals surface area contributed by atoms with Gasteiger partial charge in [0, 0.05) is 11.3 Å². The lowest BCUT2D eigenvalue weighted by Gasteiger charge is -2.12. The van der Waals surface area contributed by atoms with E-state index in [2.05, 4.69) is 20.8 Å². The Labute approximate surface area is 169 Å². The molecule has 0 saturated heterocycles. The average Bonchev–Trinajstić information content (AvgIpc) is 3.08. The lowest BCUT2D eigenvalue weighted by molar-refractivity contribution is -0.115. The summed E-state index contributed by atoms with van der Waals surface area (Å²) in [5.74, 6) is -0.706. The van der Waals surface area contributed by atoms with Crippen LogP contribution in [-0.4, -0.2) is 27.1 Å². The van der Waals surface area contributed by atoms with Crippen LogP contribution >= 0.6 is 23.1 Å². The Morgan fingerprint density at radius 2 is 1.93 bits per heavy atom. The Morgan fingerprint density at radius 1 is 1.14 bits per heavy atom. The maximum Gasteiger partial charge on any atom is 0.237 e. The van der Waals surface area contributed by atoms with Gasteiger partial charge in [0.25, 0.3) is 0 Å². The Hall–Kier alpha value is -2.78. The number of amides is 1. The van der Waals surface area contributed by atoms with E-state index < -0.39 is 5.25 Å². The molecule has 0 bridgehead atoms. The summed E-state index contributed by atoms with van der Waals surface area (Å²) in [4.78, 5) is 24.2. The van der Waals surface area contributed by atoms with E-state index in [1.165, 1.54) is 42.2 Å². The van der Waals surface area contributed by atoms with Crippen LogP contribution in [0.1, 0.15) is 24.2 Å². The molecular weight excluding hydrogens is 399 g/mol. The van der Waals surface area contributed by atoms with E-state index in [0.29, 0.717) is 26.4 Å². The molecule has 0 aliphatic carbocycles. The molecule has 1 heterocycles. The van der Waals surface area contributed by atoms with E-state index in [9.17, 15) is 14.0 Å². The van der Waals surface area contributed by atoms with Crippen LogP contribution in [0.15, 0.2) is 52.9 Å².